The van der Waals surface area contributed by atoms with Gasteiger partial charge in [0.15, 0.2) is 5.82 Å². The van der Waals surface area contributed by atoms with E-state index in [1.165, 1.54) is 10.9 Å². The molecule has 6 heteroatoms. The maximum absolute atomic E-state index is 11.9. The van der Waals surface area contributed by atoms with E-state index in [-0.39, 0.29) is 5.56 Å². The van der Waals surface area contributed by atoms with Crippen LogP contribution in [0.25, 0.3) is 11.4 Å². The molecule has 0 fully saturated rings. The Hall–Kier alpha value is -2.17. The molecule has 0 aliphatic carbocycles. The normalized spacial score (nSPS) is 10.6. The van der Waals surface area contributed by atoms with E-state index in [4.69, 9.17) is 23.2 Å². The van der Waals surface area contributed by atoms with Crippen LogP contribution in [0.3, 0.4) is 0 Å². The lowest BCUT2D eigenvalue weighted by Crippen LogP contribution is -2.24. The molecule has 0 aliphatic heterocycles. The van der Waals surface area contributed by atoms with Crippen LogP contribution in [0.1, 0.15) is 5.56 Å². The average molecular weight is 332 g/mol. The van der Waals surface area contributed by atoms with Gasteiger partial charge < -0.3 is 0 Å². The third-order valence-corrected chi connectivity index (χ3v) is 3.54. The predicted octanol–water partition coefficient (Wildman–Crippen LogP) is 3.66. The van der Waals surface area contributed by atoms with E-state index >= 15 is 0 Å². The zero-order valence-electron chi connectivity index (χ0n) is 11.4. The number of halogens is 2. The summed E-state index contributed by atoms with van der Waals surface area (Å²) >= 11 is 11.9. The van der Waals surface area contributed by atoms with E-state index < -0.39 is 0 Å². The average Bonchev–Trinajstić information content (AvgIpc) is 2.49. The Balaban J connectivity index is 1.98. The molecule has 110 valence electrons. The van der Waals surface area contributed by atoms with Crippen LogP contribution in [-0.4, -0.2) is 14.8 Å². The van der Waals surface area contributed by atoms with Crippen LogP contribution in [-0.2, 0) is 6.54 Å². The summed E-state index contributed by atoms with van der Waals surface area (Å²) in [6.45, 7) is 0.329. The van der Waals surface area contributed by atoms with E-state index in [0.29, 0.717) is 22.4 Å². The van der Waals surface area contributed by atoms with Crippen molar-refractivity contribution in [1.82, 2.24) is 14.8 Å². The second-order valence-electron chi connectivity index (χ2n) is 4.72. The van der Waals surface area contributed by atoms with Crippen LogP contribution in [0.4, 0.5) is 0 Å². The third kappa shape index (κ3) is 3.35. The fourth-order valence-corrected chi connectivity index (χ4v) is 2.46. The van der Waals surface area contributed by atoms with Crippen molar-refractivity contribution in [2.45, 2.75) is 6.54 Å². The molecule has 1 heterocycles. The Labute approximate surface area is 137 Å². The van der Waals surface area contributed by atoms with Crippen molar-refractivity contribution in [3.63, 3.8) is 0 Å². The quantitative estimate of drug-likeness (QED) is 0.735. The van der Waals surface area contributed by atoms with E-state index in [9.17, 15) is 4.79 Å². The fourth-order valence-electron chi connectivity index (χ4n) is 2.05. The number of rotatable bonds is 3. The summed E-state index contributed by atoms with van der Waals surface area (Å²) in [5.74, 6) is 0.448. The molecule has 22 heavy (non-hydrogen) atoms. The lowest BCUT2D eigenvalue weighted by molar-refractivity contribution is 0.630. The van der Waals surface area contributed by atoms with E-state index in [0.717, 1.165) is 11.1 Å². The summed E-state index contributed by atoms with van der Waals surface area (Å²) in [5, 5.41) is 5.51. The largest absolute Gasteiger partial charge is 0.285 e. The minimum Gasteiger partial charge on any atom is -0.266 e. The van der Waals surface area contributed by atoms with E-state index in [1.54, 1.807) is 24.3 Å². The van der Waals surface area contributed by atoms with Crippen molar-refractivity contribution in [2.75, 3.05) is 0 Å². The van der Waals surface area contributed by atoms with Gasteiger partial charge in [-0.1, -0.05) is 47.5 Å². The Morgan fingerprint density at radius 3 is 2.45 bits per heavy atom. The number of hydrogen-bond donors (Lipinski definition) is 0. The molecule has 1 aromatic heterocycles. The second kappa shape index (κ2) is 6.30. The summed E-state index contributed by atoms with van der Waals surface area (Å²) < 4.78 is 1.36. The highest BCUT2D eigenvalue weighted by atomic mass is 35.5. The first-order valence-electron chi connectivity index (χ1n) is 6.56. The monoisotopic (exact) mass is 331 g/mol. The molecule has 0 amide bonds. The van der Waals surface area contributed by atoms with Crippen molar-refractivity contribution in [3.8, 4) is 11.4 Å². The molecule has 0 aliphatic rings. The molecule has 0 atom stereocenters. The maximum atomic E-state index is 11.9. The molecule has 0 N–H and O–H groups in total. The molecule has 2 aromatic carbocycles. The molecular weight excluding hydrogens is 321 g/mol. The van der Waals surface area contributed by atoms with Crippen molar-refractivity contribution in [2.24, 2.45) is 0 Å². The predicted molar refractivity (Wildman–Crippen MR) is 87.3 cm³/mol. The van der Waals surface area contributed by atoms with Crippen LogP contribution < -0.4 is 5.56 Å². The van der Waals surface area contributed by atoms with Gasteiger partial charge in [-0.25, -0.2) is 9.67 Å². The first-order chi connectivity index (χ1) is 10.6. The lowest BCUT2D eigenvalue weighted by atomic mass is 10.2. The second-order valence-corrected chi connectivity index (χ2v) is 5.59. The Kier molecular flexibility index (Phi) is 4.22. The summed E-state index contributed by atoms with van der Waals surface area (Å²) in [7, 11) is 0. The lowest BCUT2D eigenvalue weighted by Gasteiger charge is -2.07. The van der Waals surface area contributed by atoms with Gasteiger partial charge in [-0.15, -0.1) is 5.10 Å². The Morgan fingerprint density at radius 2 is 1.73 bits per heavy atom. The van der Waals surface area contributed by atoms with Gasteiger partial charge in [-0.2, -0.15) is 0 Å². The SMILES string of the molecule is O=c1cnc(-c2cccc(Cl)c2)nn1Cc1cccc(Cl)c1. The van der Waals surface area contributed by atoms with Gasteiger partial charge in [-0.3, -0.25) is 4.79 Å². The molecule has 0 spiro atoms. The van der Waals surface area contributed by atoms with Gasteiger partial charge >= 0.3 is 0 Å². The first kappa shape index (κ1) is 14.8. The fraction of sp³-hybridized carbons (Fsp3) is 0.0625. The van der Waals surface area contributed by atoms with Crippen LogP contribution in [0, 0.1) is 0 Å². The van der Waals surface area contributed by atoms with E-state index in [2.05, 4.69) is 10.1 Å². The highest BCUT2D eigenvalue weighted by molar-refractivity contribution is 6.31. The van der Waals surface area contributed by atoms with Crippen LogP contribution >= 0.6 is 23.2 Å². The molecule has 0 radical (unpaired) electrons. The molecule has 3 aromatic rings. The van der Waals surface area contributed by atoms with Gasteiger partial charge in [0.1, 0.15) is 0 Å². The van der Waals surface area contributed by atoms with Crippen molar-refractivity contribution < 1.29 is 0 Å². The minimum absolute atomic E-state index is 0.272. The molecule has 3 rings (SSSR count). The Morgan fingerprint density at radius 1 is 1.00 bits per heavy atom. The van der Waals surface area contributed by atoms with Crippen molar-refractivity contribution in [1.29, 1.82) is 0 Å². The van der Waals surface area contributed by atoms with E-state index in [1.807, 2.05) is 24.3 Å². The number of hydrogen-bond acceptors (Lipinski definition) is 3. The van der Waals surface area contributed by atoms with Gasteiger partial charge in [0.2, 0.25) is 0 Å². The van der Waals surface area contributed by atoms with Gasteiger partial charge in [0.25, 0.3) is 5.56 Å². The summed E-state index contributed by atoms with van der Waals surface area (Å²) in [6, 6.07) is 14.5. The topological polar surface area (TPSA) is 47.8 Å². The van der Waals surface area contributed by atoms with Crippen LogP contribution in [0.15, 0.2) is 59.5 Å². The van der Waals surface area contributed by atoms with Gasteiger partial charge in [0.05, 0.1) is 12.7 Å². The highest BCUT2D eigenvalue weighted by Crippen LogP contribution is 2.18. The molecule has 4 nitrogen and oxygen atoms in total. The molecule has 0 saturated heterocycles. The van der Waals surface area contributed by atoms with Gasteiger partial charge in [-0.05, 0) is 29.8 Å². The first-order valence-corrected chi connectivity index (χ1v) is 7.32. The smallest absolute Gasteiger partial charge is 0.266 e. The number of nitrogens with zero attached hydrogens (tertiary/aromatic N) is 3. The number of benzene rings is 2. The maximum Gasteiger partial charge on any atom is 0.285 e. The standard InChI is InChI=1S/C16H11Cl2N3O/c17-13-5-1-3-11(7-13)10-21-15(22)9-19-16(20-21)12-4-2-6-14(18)8-12/h1-9H,10H2. The molecule has 0 bridgehead atoms. The van der Waals surface area contributed by atoms with Crippen molar-refractivity contribution in [3.05, 3.63) is 80.7 Å². The summed E-state index contributed by atoms with van der Waals surface area (Å²) in [4.78, 5) is 16.0. The Bertz CT molecular complexity index is 877. The summed E-state index contributed by atoms with van der Waals surface area (Å²) in [6.07, 6.45) is 1.26. The zero-order valence-corrected chi connectivity index (χ0v) is 12.9. The third-order valence-electron chi connectivity index (χ3n) is 3.07. The van der Waals surface area contributed by atoms with Crippen molar-refractivity contribution >= 4 is 23.2 Å². The van der Waals surface area contributed by atoms with Crippen LogP contribution in [0.5, 0.6) is 0 Å². The summed E-state index contributed by atoms with van der Waals surface area (Å²) in [5.41, 5.74) is 1.38. The molecular formula is C16H11Cl2N3O. The number of aromatic nitrogens is 3. The molecule has 0 unspecified atom stereocenters. The minimum atomic E-state index is -0.272. The van der Waals surface area contributed by atoms with Gasteiger partial charge in [0, 0.05) is 15.6 Å². The molecule has 0 saturated carbocycles. The highest BCUT2D eigenvalue weighted by Gasteiger charge is 2.06. The zero-order chi connectivity index (χ0) is 15.5. The van der Waals surface area contributed by atoms with Crippen LogP contribution in [0.2, 0.25) is 10.0 Å².